The van der Waals surface area contributed by atoms with Gasteiger partial charge in [-0.3, -0.25) is 14.9 Å². The van der Waals surface area contributed by atoms with Crippen LogP contribution in [-0.2, 0) is 9.59 Å². The van der Waals surface area contributed by atoms with Crippen LogP contribution in [0.25, 0.3) is 0 Å². The van der Waals surface area contributed by atoms with Gasteiger partial charge >= 0.3 is 0 Å². The predicted octanol–water partition coefficient (Wildman–Crippen LogP) is 1.86. The van der Waals surface area contributed by atoms with Gasteiger partial charge in [-0.2, -0.15) is 0 Å². The zero-order valence-electron chi connectivity index (χ0n) is 10.3. The van der Waals surface area contributed by atoms with Crippen molar-refractivity contribution in [3.8, 4) is 0 Å². The van der Waals surface area contributed by atoms with E-state index >= 15 is 0 Å². The molecule has 92 valence electrons. The van der Waals surface area contributed by atoms with Crippen molar-refractivity contribution in [3.63, 3.8) is 0 Å². The lowest BCUT2D eigenvalue weighted by Crippen LogP contribution is -2.27. The normalized spacial score (nSPS) is 33.3. The number of imide groups is 1. The van der Waals surface area contributed by atoms with Gasteiger partial charge in [0.1, 0.15) is 0 Å². The average Bonchev–Trinajstić information content (AvgIpc) is 3.22. The fourth-order valence-corrected chi connectivity index (χ4v) is 3.38. The number of rotatable bonds is 2. The summed E-state index contributed by atoms with van der Waals surface area (Å²) in [6.07, 6.45) is 2.60. The molecule has 1 aromatic carbocycles. The van der Waals surface area contributed by atoms with Gasteiger partial charge < -0.3 is 0 Å². The lowest BCUT2D eigenvalue weighted by molar-refractivity contribution is -0.127. The third-order valence-electron chi connectivity index (χ3n) is 4.57. The maximum atomic E-state index is 11.6. The Morgan fingerprint density at radius 2 is 1.72 bits per heavy atom. The van der Waals surface area contributed by atoms with Crippen molar-refractivity contribution in [2.45, 2.75) is 31.6 Å². The van der Waals surface area contributed by atoms with Crippen LogP contribution in [0.1, 0.15) is 41.4 Å². The van der Waals surface area contributed by atoms with E-state index in [2.05, 4.69) is 30.4 Å². The van der Waals surface area contributed by atoms with Crippen LogP contribution in [0, 0.1) is 18.8 Å². The molecular formula is C15H15NO2. The lowest BCUT2D eigenvalue weighted by atomic mass is 9.97. The van der Waals surface area contributed by atoms with E-state index in [9.17, 15) is 9.59 Å². The van der Waals surface area contributed by atoms with Crippen molar-refractivity contribution in [2.24, 2.45) is 11.8 Å². The molecule has 4 rings (SSSR count). The number of carbonyl (C=O) groups is 2. The molecule has 2 saturated carbocycles. The molecule has 1 heterocycles. The van der Waals surface area contributed by atoms with Crippen molar-refractivity contribution < 1.29 is 9.59 Å². The first kappa shape index (κ1) is 10.3. The van der Waals surface area contributed by atoms with Crippen molar-refractivity contribution in [3.05, 3.63) is 34.9 Å². The minimum absolute atomic E-state index is 0.0827. The second kappa shape index (κ2) is 3.22. The summed E-state index contributed by atoms with van der Waals surface area (Å²) in [6.45, 7) is 2.09. The van der Waals surface area contributed by atoms with Crippen LogP contribution in [0.4, 0.5) is 0 Å². The van der Waals surface area contributed by atoms with Crippen LogP contribution in [-0.4, -0.2) is 11.8 Å². The molecule has 1 aliphatic heterocycles. The van der Waals surface area contributed by atoms with E-state index in [1.807, 2.05) is 0 Å². The quantitative estimate of drug-likeness (QED) is 0.803. The number of amides is 2. The molecule has 1 N–H and O–H groups in total. The number of carbonyl (C=O) groups excluding carboxylic acids is 2. The molecule has 2 amide bonds. The second-order valence-electron chi connectivity index (χ2n) is 5.82. The van der Waals surface area contributed by atoms with Crippen molar-refractivity contribution in [1.29, 1.82) is 0 Å². The van der Waals surface area contributed by atoms with Gasteiger partial charge in [-0.15, -0.1) is 0 Å². The largest absolute Gasteiger partial charge is 0.296 e. The second-order valence-corrected chi connectivity index (χ2v) is 5.82. The first-order chi connectivity index (χ1) is 8.66. The number of aryl methyl sites for hydroxylation is 1. The fourth-order valence-electron chi connectivity index (χ4n) is 3.38. The third-order valence-corrected chi connectivity index (χ3v) is 4.57. The van der Waals surface area contributed by atoms with Crippen LogP contribution in [0.5, 0.6) is 0 Å². The Kier molecular flexibility index (Phi) is 1.84. The summed E-state index contributed by atoms with van der Waals surface area (Å²) >= 11 is 0. The van der Waals surface area contributed by atoms with E-state index in [0.717, 1.165) is 5.92 Å². The number of piperidine rings is 1. The molecule has 2 unspecified atom stereocenters. The summed E-state index contributed by atoms with van der Waals surface area (Å²) in [4.78, 5) is 23.1. The minimum Gasteiger partial charge on any atom is -0.296 e. The van der Waals surface area contributed by atoms with Crippen LogP contribution in [0.15, 0.2) is 18.2 Å². The zero-order chi connectivity index (χ0) is 12.4. The molecule has 1 aromatic rings. The third kappa shape index (κ3) is 1.30. The van der Waals surface area contributed by atoms with Crippen molar-refractivity contribution in [2.75, 3.05) is 0 Å². The monoisotopic (exact) mass is 241 g/mol. The summed E-state index contributed by atoms with van der Waals surface area (Å²) in [5, 5.41) is 2.40. The fraction of sp³-hybridized carbons (Fsp3) is 0.467. The highest BCUT2D eigenvalue weighted by Crippen LogP contribution is 2.57. The zero-order valence-corrected chi connectivity index (χ0v) is 10.3. The molecular weight excluding hydrogens is 226 g/mol. The highest BCUT2D eigenvalue weighted by molar-refractivity contribution is 6.10. The smallest absolute Gasteiger partial charge is 0.231 e. The molecule has 2 aliphatic carbocycles. The number of hydrogen-bond donors (Lipinski definition) is 1. The number of fused-ring (bicyclic) bond motifs is 1. The van der Waals surface area contributed by atoms with Crippen molar-refractivity contribution in [1.82, 2.24) is 5.32 Å². The van der Waals surface area contributed by atoms with Gasteiger partial charge in [-0.05, 0) is 42.4 Å². The highest BCUT2D eigenvalue weighted by Gasteiger charge is 2.64. The number of hydrogen-bond acceptors (Lipinski definition) is 2. The van der Waals surface area contributed by atoms with E-state index < -0.39 is 0 Å². The lowest BCUT2D eigenvalue weighted by Gasteiger charge is -2.09. The molecule has 0 aromatic heterocycles. The summed E-state index contributed by atoms with van der Waals surface area (Å²) in [6, 6.07) is 6.55. The summed E-state index contributed by atoms with van der Waals surface area (Å²) in [7, 11) is 0. The van der Waals surface area contributed by atoms with Crippen molar-refractivity contribution >= 4 is 11.8 Å². The predicted molar refractivity (Wildman–Crippen MR) is 66.0 cm³/mol. The average molecular weight is 241 g/mol. The Bertz CT molecular complexity index is 554. The maximum absolute atomic E-state index is 11.6. The summed E-state index contributed by atoms with van der Waals surface area (Å²) in [5.74, 6) is 0.535. The molecule has 3 heteroatoms. The Balaban J connectivity index is 1.66. The molecule has 3 fully saturated rings. The molecule has 0 radical (unpaired) electrons. The van der Waals surface area contributed by atoms with Crippen LogP contribution < -0.4 is 5.32 Å². The molecule has 0 spiro atoms. The first-order valence-corrected chi connectivity index (χ1v) is 6.62. The number of nitrogens with one attached hydrogen (secondary N) is 1. The Labute approximate surface area is 106 Å². The highest BCUT2D eigenvalue weighted by atomic mass is 16.2. The SMILES string of the molecule is Cc1cc(C2CC2)ccc1C1C2C(=O)NC(=O)C21. The van der Waals surface area contributed by atoms with Gasteiger partial charge in [0.15, 0.2) is 0 Å². The maximum Gasteiger partial charge on any atom is 0.231 e. The Hall–Kier alpha value is -1.64. The van der Waals surface area contributed by atoms with E-state index in [0.29, 0.717) is 0 Å². The van der Waals surface area contributed by atoms with Gasteiger partial charge in [-0.25, -0.2) is 0 Å². The van der Waals surface area contributed by atoms with E-state index in [1.54, 1.807) is 0 Å². The molecule has 2 atom stereocenters. The molecule has 3 nitrogen and oxygen atoms in total. The van der Waals surface area contributed by atoms with Crippen LogP contribution >= 0.6 is 0 Å². The van der Waals surface area contributed by atoms with Gasteiger partial charge in [0.25, 0.3) is 0 Å². The van der Waals surface area contributed by atoms with Gasteiger partial charge in [0, 0.05) is 5.92 Å². The topological polar surface area (TPSA) is 46.2 Å². The Morgan fingerprint density at radius 3 is 2.28 bits per heavy atom. The molecule has 0 bridgehead atoms. The van der Waals surface area contributed by atoms with E-state index in [-0.39, 0.29) is 29.6 Å². The van der Waals surface area contributed by atoms with Crippen LogP contribution in [0.2, 0.25) is 0 Å². The van der Waals surface area contributed by atoms with E-state index in [1.165, 1.54) is 29.5 Å². The number of benzene rings is 1. The molecule has 18 heavy (non-hydrogen) atoms. The molecule has 1 saturated heterocycles. The Morgan fingerprint density at radius 1 is 1.06 bits per heavy atom. The molecule has 3 aliphatic rings. The standard InChI is InChI=1S/C15H15NO2/c1-7-6-9(8-2-3-8)4-5-10(7)11-12-13(11)15(18)16-14(12)17/h4-6,8,11-13H,2-3H2,1H3,(H,16,17,18). The van der Waals surface area contributed by atoms with Gasteiger partial charge in [-0.1, -0.05) is 18.2 Å². The van der Waals surface area contributed by atoms with E-state index in [4.69, 9.17) is 0 Å². The first-order valence-electron chi connectivity index (χ1n) is 6.62. The summed E-state index contributed by atoms with van der Waals surface area (Å²) in [5.41, 5.74) is 3.84. The minimum atomic E-state index is -0.0945. The van der Waals surface area contributed by atoms with Crippen LogP contribution in [0.3, 0.4) is 0 Å². The van der Waals surface area contributed by atoms with Gasteiger partial charge in [0.05, 0.1) is 11.8 Å². The van der Waals surface area contributed by atoms with Gasteiger partial charge in [0.2, 0.25) is 11.8 Å². The summed E-state index contributed by atoms with van der Waals surface area (Å²) < 4.78 is 0.